The van der Waals surface area contributed by atoms with Gasteiger partial charge in [0.1, 0.15) is 5.82 Å². The minimum Gasteiger partial charge on any atom is -0.326 e. The van der Waals surface area contributed by atoms with Crippen molar-refractivity contribution >= 4 is 11.6 Å². The Balaban J connectivity index is 1.36. The van der Waals surface area contributed by atoms with Gasteiger partial charge < -0.3 is 10.2 Å². The lowest BCUT2D eigenvalue weighted by atomic mass is 9.97. The van der Waals surface area contributed by atoms with E-state index in [0.717, 1.165) is 39.0 Å². The summed E-state index contributed by atoms with van der Waals surface area (Å²) in [5.74, 6) is 0.191. The third kappa shape index (κ3) is 4.86. The van der Waals surface area contributed by atoms with E-state index < -0.39 is 0 Å². The first-order valence-corrected chi connectivity index (χ1v) is 8.31. The molecule has 1 amide bonds. The predicted octanol–water partition coefficient (Wildman–Crippen LogP) is 2.16. The molecule has 1 saturated heterocycles. The number of likely N-dealkylation sites (tertiary alicyclic amines) is 1. The largest absolute Gasteiger partial charge is 0.326 e. The van der Waals surface area contributed by atoms with E-state index in [0.29, 0.717) is 18.0 Å². The maximum atomic E-state index is 13.1. The SMILES string of the molecule is O=C(CCN1CCC(Cn2ccnn2)CC1)Nc1cccc(F)c1. The van der Waals surface area contributed by atoms with Crippen LogP contribution in [0.4, 0.5) is 10.1 Å². The van der Waals surface area contributed by atoms with Crippen LogP contribution in [0, 0.1) is 11.7 Å². The normalized spacial score (nSPS) is 16.2. The van der Waals surface area contributed by atoms with Gasteiger partial charge >= 0.3 is 0 Å². The first-order chi connectivity index (χ1) is 11.7. The average molecular weight is 331 g/mol. The topological polar surface area (TPSA) is 63.1 Å². The lowest BCUT2D eigenvalue weighted by Crippen LogP contribution is -2.36. The second-order valence-corrected chi connectivity index (χ2v) is 6.22. The zero-order valence-corrected chi connectivity index (χ0v) is 13.6. The molecule has 0 spiro atoms. The zero-order chi connectivity index (χ0) is 16.8. The molecular formula is C17H22FN5O. The van der Waals surface area contributed by atoms with Crippen molar-refractivity contribution in [3.05, 3.63) is 42.5 Å². The Morgan fingerprint density at radius 2 is 2.17 bits per heavy atom. The summed E-state index contributed by atoms with van der Waals surface area (Å²) in [6, 6.07) is 5.97. The van der Waals surface area contributed by atoms with Gasteiger partial charge in [-0.1, -0.05) is 11.3 Å². The van der Waals surface area contributed by atoms with Crippen LogP contribution in [0.3, 0.4) is 0 Å². The van der Waals surface area contributed by atoms with Crippen molar-refractivity contribution < 1.29 is 9.18 Å². The van der Waals surface area contributed by atoms with Crippen LogP contribution in [0.1, 0.15) is 19.3 Å². The molecule has 0 radical (unpaired) electrons. The molecule has 0 atom stereocenters. The molecule has 1 aliphatic heterocycles. The van der Waals surface area contributed by atoms with E-state index in [1.165, 1.54) is 12.1 Å². The predicted molar refractivity (Wildman–Crippen MR) is 88.8 cm³/mol. The summed E-state index contributed by atoms with van der Waals surface area (Å²) in [4.78, 5) is 14.3. The van der Waals surface area contributed by atoms with Crippen LogP contribution >= 0.6 is 0 Å². The molecule has 24 heavy (non-hydrogen) atoms. The van der Waals surface area contributed by atoms with E-state index in [2.05, 4.69) is 20.5 Å². The van der Waals surface area contributed by atoms with Gasteiger partial charge in [0.2, 0.25) is 5.91 Å². The van der Waals surface area contributed by atoms with Crippen LogP contribution in [-0.2, 0) is 11.3 Å². The van der Waals surface area contributed by atoms with Gasteiger partial charge in [-0.15, -0.1) is 5.10 Å². The molecule has 0 bridgehead atoms. The first-order valence-electron chi connectivity index (χ1n) is 8.31. The van der Waals surface area contributed by atoms with Gasteiger partial charge in [0.05, 0.1) is 6.20 Å². The van der Waals surface area contributed by atoms with Crippen molar-refractivity contribution in [2.45, 2.75) is 25.8 Å². The van der Waals surface area contributed by atoms with Crippen LogP contribution in [0.25, 0.3) is 0 Å². The number of anilines is 1. The third-order valence-corrected chi connectivity index (χ3v) is 4.39. The lowest BCUT2D eigenvalue weighted by Gasteiger charge is -2.31. The van der Waals surface area contributed by atoms with Crippen LogP contribution in [0.2, 0.25) is 0 Å². The maximum Gasteiger partial charge on any atom is 0.225 e. The van der Waals surface area contributed by atoms with Gasteiger partial charge in [-0.2, -0.15) is 0 Å². The van der Waals surface area contributed by atoms with Crippen LogP contribution in [0.5, 0.6) is 0 Å². The number of aromatic nitrogens is 3. The monoisotopic (exact) mass is 331 g/mol. The quantitative estimate of drug-likeness (QED) is 0.881. The highest BCUT2D eigenvalue weighted by molar-refractivity contribution is 5.90. The number of nitrogens with one attached hydrogen (secondary N) is 1. The Morgan fingerprint density at radius 1 is 1.33 bits per heavy atom. The minimum absolute atomic E-state index is 0.0784. The summed E-state index contributed by atoms with van der Waals surface area (Å²) in [5.41, 5.74) is 0.506. The number of nitrogens with zero attached hydrogens (tertiary/aromatic N) is 4. The number of rotatable bonds is 6. The number of halogens is 1. The highest BCUT2D eigenvalue weighted by Gasteiger charge is 2.20. The van der Waals surface area contributed by atoms with Gasteiger partial charge in [-0.3, -0.25) is 9.48 Å². The molecule has 6 nitrogen and oxygen atoms in total. The fourth-order valence-electron chi connectivity index (χ4n) is 3.04. The summed E-state index contributed by atoms with van der Waals surface area (Å²) in [6.07, 6.45) is 6.22. The summed E-state index contributed by atoms with van der Waals surface area (Å²) in [7, 11) is 0. The molecule has 0 saturated carbocycles. The van der Waals surface area contributed by atoms with E-state index in [1.807, 2.05) is 10.9 Å². The second-order valence-electron chi connectivity index (χ2n) is 6.22. The van der Waals surface area contributed by atoms with Gasteiger partial charge in [0, 0.05) is 31.4 Å². The van der Waals surface area contributed by atoms with E-state index >= 15 is 0 Å². The Labute approximate surface area is 140 Å². The Hall–Kier alpha value is -2.28. The maximum absolute atomic E-state index is 13.1. The molecule has 2 aromatic rings. The average Bonchev–Trinajstić information content (AvgIpc) is 3.07. The summed E-state index contributed by atoms with van der Waals surface area (Å²) < 4.78 is 15.0. The molecule has 1 aromatic carbocycles. The van der Waals surface area contributed by atoms with Gasteiger partial charge in [-0.05, 0) is 50.0 Å². The Morgan fingerprint density at radius 3 is 2.88 bits per heavy atom. The third-order valence-electron chi connectivity index (χ3n) is 4.39. The molecule has 1 aromatic heterocycles. The molecule has 0 unspecified atom stereocenters. The fraction of sp³-hybridized carbons (Fsp3) is 0.471. The molecular weight excluding hydrogens is 309 g/mol. The van der Waals surface area contributed by atoms with E-state index in [1.54, 1.807) is 18.3 Å². The van der Waals surface area contributed by atoms with E-state index in [-0.39, 0.29) is 11.7 Å². The van der Waals surface area contributed by atoms with Crippen molar-refractivity contribution in [1.29, 1.82) is 0 Å². The molecule has 0 aliphatic carbocycles. The van der Waals surface area contributed by atoms with Gasteiger partial charge in [-0.25, -0.2) is 4.39 Å². The fourth-order valence-corrected chi connectivity index (χ4v) is 3.04. The number of amides is 1. The van der Waals surface area contributed by atoms with Crippen molar-refractivity contribution in [2.75, 3.05) is 25.0 Å². The van der Waals surface area contributed by atoms with Crippen molar-refractivity contribution in [3.63, 3.8) is 0 Å². The van der Waals surface area contributed by atoms with Gasteiger partial charge in [0.25, 0.3) is 0 Å². The highest BCUT2D eigenvalue weighted by atomic mass is 19.1. The number of benzene rings is 1. The standard InChI is InChI=1S/C17H22FN5O/c18-15-2-1-3-16(12-15)20-17(24)6-10-22-8-4-14(5-9-22)13-23-11-7-19-21-23/h1-3,7,11-12,14H,4-6,8-10,13H2,(H,20,24). The first kappa shape index (κ1) is 16.6. The van der Waals surface area contributed by atoms with Crippen LogP contribution in [0.15, 0.2) is 36.7 Å². The summed E-state index contributed by atoms with van der Waals surface area (Å²) >= 11 is 0. The highest BCUT2D eigenvalue weighted by Crippen LogP contribution is 2.19. The van der Waals surface area contributed by atoms with E-state index in [9.17, 15) is 9.18 Å². The second kappa shape index (κ2) is 8.01. The van der Waals surface area contributed by atoms with Crippen LogP contribution in [-0.4, -0.2) is 45.4 Å². The molecule has 2 heterocycles. The smallest absolute Gasteiger partial charge is 0.225 e. The summed E-state index contributed by atoms with van der Waals surface area (Å²) in [6.45, 7) is 3.63. The Kier molecular flexibility index (Phi) is 5.53. The number of hydrogen-bond donors (Lipinski definition) is 1. The van der Waals surface area contributed by atoms with Crippen molar-refractivity contribution in [1.82, 2.24) is 19.9 Å². The molecule has 1 aliphatic rings. The number of hydrogen-bond acceptors (Lipinski definition) is 4. The molecule has 7 heteroatoms. The molecule has 3 rings (SSSR count). The lowest BCUT2D eigenvalue weighted by molar-refractivity contribution is -0.116. The Bertz CT molecular complexity index is 653. The van der Waals surface area contributed by atoms with Crippen molar-refractivity contribution in [2.24, 2.45) is 5.92 Å². The molecule has 128 valence electrons. The number of piperidine rings is 1. The zero-order valence-electron chi connectivity index (χ0n) is 13.6. The molecule has 1 fully saturated rings. The molecule has 1 N–H and O–H groups in total. The van der Waals surface area contributed by atoms with Crippen LogP contribution < -0.4 is 5.32 Å². The number of carbonyl (C=O) groups excluding carboxylic acids is 1. The minimum atomic E-state index is -0.345. The van der Waals surface area contributed by atoms with E-state index in [4.69, 9.17) is 0 Å². The van der Waals surface area contributed by atoms with Gasteiger partial charge in [0.15, 0.2) is 0 Å². The van der Waals surface area contributed by atoms with Crippen molar-refractivity contribution in [3.8, 4) is 0 Å². The number of carbonyl (C=O) groups is 1. The summed E-state index contributed by atoms with van der Waals surface area (Å²) in [5, 5.41) is 10.6.